The molecular formula is C68H129NO10. The van der Waals surface area contributed by atoms with E-state index in [0.29, 0.717) is 19.3 Å². The summed E-state index contributed by atoms with van der Waals surface area (Å²) in [6.45, 7) is 5.81. The number of aliphatic hydroxyl groups is 5. The Hall–Kier alpha value is -1.86. The predicted molar refractivity (Wildman–Crippen MR) is 329 cm³/mol. The van der Waals surface area contributed by atoms with Gasteiger partial charge in [-0.05, 0) is 51.4 Å². The molecule has 6 N–H and O–H groups in total. The third-order valence-electron chi connectivity index (χ3n) is 16.4. The van der Waals surface area contributed by atoms with Crippen LogP contribution in [0.4, 0.5) is 0 Å². The monoisotopic (exact) mass is 1120 g/mol. The van der Waals surface area contributed by atoms with Gasteiger partial charge in [0.15, 0.2) is 12.4 Å². The van der Waals surface area contributed by atoms with Crippen LogP contribution in [0, 0.1) is 0 Å². The average Bonchev–Trinajstić information content (AvgIpc) is 3.47. The molecule has 8 unspecified atom stereocenters. The highest BCUT2D eigenvalue weighted by molar-refractivity contribution is 5.80. The largest absolute Gasteiger partial charge is 0.454 e. The molecule has 11 nitrogen and oxygen atoms in total. The van der Waals surface area contributed by atoms with E-state index in [1.165, 1.54) is 231 Å². The number of hydrogen-bond acceptors (Lipinski definition) is 10. The van der Waals surface area contributed by atoms with Crippen LogP contribution in [0.3, 0.4) is 0 Å². The van der Waals surface area contributed by atoms with E-state index in [1.807, 2.05) is 6.08 Å². The average molecular weight is 1120 g/mol. The normalized spacial score (nSPS) is 18.9. The Kier molecular flexibility index (Phi) is 53.9. The van der Waals surface area contributed by atoms with E-state index in [0.717, 1.165) is 57.8 Å². The van der Waals surface area contributed by atoms with Gasteiger partial charge in [0.25, 0.3) is 0 Å². The molecule has 1 fully saturated rings. The second kappa shape index (κ2) is 56.6. The summed E-state index contributed by atoms with van der Waals surface area (Å²) < 4.78 is 17.7. The molecule has 1 saturated heterocycles. The van der Waals surface area contributed by atoms with Crippen molar-refractivity contribution in [1.82, 2.24) is 5.32 Å². The van der Waals surface area contributed by atoms with Crippen molar-refractivity contribution in [1.29, 1.82) is 0 Å². The maximum absolute atomic E-state index is 13.4. The van der Waals surface area contributed by atoms with Gasteiger partial charge in [-0.25, -0.2) is 0 Å². The molecule has 0 aromatic heterocycles. The lowest BCUT2D eigenvalue weighted by molar-refractivity contribution is -0.305. The van der Waals surface area contributed by atoms with E-state index in [9.17, 15) is 35.1 Å². The van der Waals surface area contributed by atoms with Crippen LogP contribution in [0.15, 0.2) is 24.3 Å². The van der Waals surface area contributed by atoms with Crippen molar-refractivity contribution in [2.24, 2.45) is 0 Å². The van der Waals surface area contributed by atoms with Gasteiger partial charge in [0.1, 0.15) is 24.4 Å². The van der Waals surface area contributed by atoms with Crippen LogP contribution in [0.2, 0.25) is 0 Å². The quantitative estimate of drug-likeness (QED) is 0.0195. The molecule has 1 aliphatic heterocycles. The Balaban J connectivity index is 2.50. The van der Waals surface area contributed by atoms with Gasteiger partial charge in [-0.15, -0.1) is 0 Å². The predicted octanol–water partition coefficient (Wildman–Crippen LogP) is 16.8. The molecule has 0 aliphatic carbocycles. The highest BCUT2D eigenvalue weighted by Crippen LogP contribution is 2.26. The zero-order valence-corrected chi connectivity index (χ0v) is 51.8. The van der Waals surface area contributed by atoms with Crippen molar-refractivity contribution < 1.29 is 49.3 Å². The lowest BCUT2D eigenvalue weighted by Gasteiger charge is -2.41. The first-order valence-electron chi connectivity index (χ1n) is 34.1. The number of rotatable bonds is 59. The Morgan fingerprint density at radius 3 is 1.23 bits per heavy atom. The standard InChI is InChI=1S/C68H129NO10/c1-4-7-10-13-16-19-22-24-25-26-27-28-29-30-31-32-33-34-35-36-37-39-41-44-47-50-53-56-63(73)79-66-65(75)64(74)62(57-70)78-68(66)77-58-59(60(71)54-51-48-45-43-40-38-23-20-17-14-11-8-5-2)69-67(76)61(72)55-52-49-46-42-21-18-15-12-9-6-3/h24-25,51,54,59-62,64-66,68,70-72,74-75H,4-23,26-50,52-53,55-58H2,1-3H3,(H,69,76)/b25-24+,54-51+. The van der Waals surface area contributed by atoms with E-state index >= 15 is 0 Å². The molecule has 1 heterocycles. The van der Waals surface area contributed by atoms with Gasteiger partial charge in [-0.1, -0.05) is 302 Å². The summed E-state index contributed by atoms with van der Waals surface area (Å²) in [5, 5.41) is 57.0. The summed E-state index contributed by atoms with van der Waals surface area (Å²) in [7, 11) is 0. The summed E-state index contributed by atoms with van der Waals surface area (Å²) in [5.74, 6) is -1.18. The molecule has 0 aromatic carbocycles. The summed E-state index contributed by atoms with van der Waals surface area (Å²) in [4.78, 5) is 26.5. The van der Waals surface area contributed by atoms with Crippen molar-refractivity contribution in [3.8, 4) is 0 Å². The van der Waals surface area contributed by atoms with E-state index in [-0.39, 0.29) is 13.0 Å². The Morgan fingerprint density at radius 2 is 0.835 bits per heavy atom. The number of hydrogen-bond donors (Lipinski definition) is 6. The third-order valence-corrected chi connectivity index (χ3v) is 16.4. The molecule has 1 aliphatic rings. The molecule has 1 rings (SSSR count). The van der Waals surface area contributed by atoms with Crippen LogP contribution in [0.1, 0.15) is 335 Å². The van der Waals surface area contributed by atoms with Gasteiger partial charge in [-0.3, -0.25) is 9.59 Å². The van der Waals surface area contributed by atoms with Crippen LogP contribution >= 0.6 is 0 Å². The summed E-state index contributed by atoms with van der Waals surface area (Å²) >= 11 is 0. The maximum Gasteiger partial charge on any atom is 0.306 e. The van der Waals surface area contributed by atoms with Crippen LogP contribution in [0.5, 0.6) is 0 Å². The number of aliphatic hydroxyl groups excluding tert-OH is 5. The van der Waals surface area contributed by atoms with Gasteiger partial charge in [0.2, 0.25) is 5.91 Å². The molecule has 0 saturated carbocycles. The fourth-order valence-corrected chi connectivity index (χ4v) is 10.9. The van der Waals surface area contributed by atoms with E-state index in [4.69, 9.17) is 14.2 Å². The fourth-order valence-electron chi connectivity index (χ4n) is 10.9. The van der Waals surface area contributed by atoms with Crippen molar-refractivity contribution in [2.45, 2.75) is 384 Å². The van der Waals surface area contributed by atoms with E-state index in [2.05, 4.69) is 38.2 Å². The first-order valence-corrected chi connectivity index (χ1v) is 34.1. The number of nitrogens with one attached hydrogen (secondary N) is 1. The van der Waals surface area contributed by atoms with Gasteiger partial charge < -0.3 is 45.1 Å². The number of carbonyl (C=O) groups excluding carboxylic acids is 2. The van der Waals surface area contributed by atoms with Crippen LogP contribution in [-0.4, -0.2) is 99.6 Å². The molecule has 1 amide bonds. The zero-order chi connectivity index (χ0) is 57.5. The smallest absolute Gasteiger partial charge is 0.306 e. The minimum Gasteiger partial charge on any atom is -0.454 e. The summed E-state index contributed by atoms with van der Waals surface area (Å²) in [6, 6.07) is -1.02. The highest BCUT2D eigenvalue weighted by Gasteiger charge is 2.47. The molecular weight excluding hydrogens is 991 g/mol. The second-order valence-electron chi connectivity index (χ2n) is 23.9. The van der Waals surface area contributed by atoms with Gasteiger partial charge in [0, 0.05) is 6.42 Å². The van der Waals surface area contributed by atoms with Gasteiger partial charge >= 0.3 is 5.97 Å². The van der Waals surface area contributed by atoms with Crippen molar-refractivity contribution in [2.75, 3.05) is 13.2 Å². The number of carbonyl (C=O) groups is 2. The lowest BCUT2D eigenvalue weighted by atomic mass is 9.99. The molecule has 0 aromatic rings. The van der Waals surface area contributed by atoms with E-state index in [1.54, 1.807) is 6.08 Å². The van der Waals surface area contributed by atoms with E-state index < -0.39 is 67.4 Å². The van der Waals surface area contributed by atoms with Crippen molar-refractivity contribution in [3.63, 3.8) is 0 Å². The van der Waals surface area contributed by atoms with Gasteiger partial charge in [-0.2, -0.15) is 0 Å². The third kappa shape index (κ3) is 44.4. The Morgan fingerprint density at radius 1 is 0.481 bits per heavy atom. The number of amides is 1. The second-order valence-corrected chi connectivity index (χ2v) is 23.9. The summed E-state index contributed by atoms with van der Waals surface area (Å²) in [6.07, 6.45) is 56.7. The van der Waals surface area contributed by atoms with Crippen molar-refractivity contribution >= 4 is 11.9 Å². The lowest BCUT2D eigenvalue weighted by Crippen LogP contribution is -2.61. The first-order chi connectivity index (χ1) is 38.7. The molecule has 8 atom stereocenters. The Labute approximate surface area is 486 Å². The highest BCUT2D eigenvalue weighted by atomic mass is 16.7. The zero-order valence-electron chi connectivity index (χ0n) is 51.8. The summed E-state index contributed by atoms with van der Waals surface area (Å²) in [5.41, 5.74) is 0. The van der Waals surface area contributed by atoms with Crippen LogP contribution in [0.25, 0.3) is 0 Å². The van der Waals surface area contributed by atoms with Crippen molar-refractivity contribution in [3.05, 3.63) is 24.3 Å². The number of unbranched alkanes of at least 4 members (excludes halogenated alkanes) is 43. The Bertz CT molecular complexity index is 1380. The molecule has 0 radical (unpaired) electrons. The first kappa shape index (κ1) is 75.2. The van der Waals surface area contributed by atoms with Crippen LogP contribution in [-0.2, 0) is 23.8 Å². The molecule has 0 spiro atoms. The van der Waals surface area contributed by atoms with Gasteiger partial charge in [0.05, 0.1) is 25.4 Å². The maximum atomic E-state index is 13.4. The molecule has 466 valence electrons. The molecule has 11 heteroatoms. The SMILES string of the molecule is CCCCCCCC/C=C/CCCCCCCCCCCCCCCCCCCC(=O)OC1C(OCC(NC(=O)C(O)CCCCCCCCCCCC)C(O)/C=C/CCCCCCCCCCCCC)OC(CO)C(O)C1O. The molecule has 0 bridgehead atoms. The number of ether oxygens (including phenoxy) is 3. The minimum absolute atomic E-state index is 0.130. The fraction of sp³-hybridized carbons (Fsp3) is 0.912. The number of allylic oxidation sites excluding steroid dienone is 3. The topological polar surface area (TPSA) is 175 Å². The molecule has 79 heavy (non-hydrogen) atoms. The minimum atomic E-state index is -1.61. The number of esters is 1. The van der Waals surface area contributed by atoms with Crippen LogP contribution < -0.4 is 5.32 Å².